The van der Waals surface area contributed by atoms with E-state index in [4.69, 9.17) is 27.9 Å². The molecule has 0 spiro atoms. The zero-order valence-corrected chi connectivity index (χ0v) is 12.7. The third kappa shape index (κ3) is 2.15. The Kier molecular flexibility index (Phi) is 3.36. The van der Waals surface area contributed by atoms with Crippen molar-refractivity contribution in [2.24, 2.45) is 0 Å². The van der Waals surface area contributed by atoms with E-state index in [1.807, 2.05) is 54.1 Å². The summed E-state index contributed by atoms with van der Waals surface area (Å²) in [6, 6.07) is 11.8. The van der Waals surface area contributed by atoms with E-state index in [1.54, 1.807) is 7.11 Å². The van der Waals surface area contributed by atoms with Crippen LogP contribution in [0, 0.1) is 6.92 Å². The van der Waals surface area contributed by atoms with E-state index in [2.05, 4.69) is 0 Å². The summed E-state index contributed by atoms with van der Waals surface area (Å²) in [6.45, 7) is 1.97. The van der Waals surface area contributed by atoms with Crippen LogP contribution < -0.4 is 4.74 Å². The molecule has 0 aliphatic carbocycles. The largest absolute Gasteiger partial charge is 0.497 e. The lowest BCUT2D eigenvalue weighted by molar-refractivity contribution is 0.415. The van der Waals surface area contributed by atoms with Gasteiger partial charge >= 0.3 is 0 Å². The van der Waals surface area contributed by atoms with Crippen molar-refractivity contribution >= 4 is 34.1 Å². The van der Waals surface area contributed by atoms with Gasteiger partial charge in [-0.2, -0.15) is 0 Å². The molecule has 0 saturated carbocycles. The van der Waals surface area contributed by atoms with E-state index in [1.165, 1.54) is 0 Å². The molecule has 0 aliphatic rings. The maximum atomic E-state index is 6.36. The number of benzene rings is 2. The molecule has 20 heavy (non-hydrogen) atoms. The number of nitrogens with zero attached hydrogens (tertiary/aromatic N) is 1. The summed E-state index contributed by atoms with van der Waals surface area (Å²) < 4.78 is 7.24. The lowest BCUT2D eigenvalue weighted by Crippen LogP contribution is -1.95. The first kappa shape index (κ1) is 13.3. The number of halogens is 2. The van der Waals surface area contributed by atoms with Crippen molar-refractivity contribution in [3.8, 4) is 11.4 Å². The molecule has 0 amide bonds. The highest BCUT2D eigenvalue weighted by molar-refractivity contribution is 6.38. The minimum absolute atomic E-state index is 0.642. The number of aromatic nitrogens is 1. The zero-order chi connectivity index (χ0) is 14.3. The van der Waals surface area contributed by atoms with E-state index in [0.717, 1.165) is 27.9 Å². The topological polar surface area (TPSA) is 14.2 Å². The van der Waals surface area contributed by atoms with Crippen LogP contribution in [0.3, 0.4) is 0 Å². The van der Waals surface area contributed by atoms with Crippen molar-refractivity contribution in [1.29, 1.82) is 0 Å². The molecule has 0 radical (unpaired) electrons. The van der Waals surface area contributed by atoms with Crippen molar-refractivity contribution in [3.63, 3.8) is 0 Å². The summed E-state index contributed by atoms with van der Waals surface area (Å²) >= 11 is 12.7. The summed E-state index contributed by atoms with van der Waals surface area (Å²) in [5.41, 5.74) is 2.89. The van der Waals surface area contributed by atoms with Gasteiger partial charge in [-0.3, -0.25) is 0 Å². The monoisotopic (exact) mass is 305 g/mol. The van der Waals surface area contributed by atoms with Gasteiger partial charge in [-0.25, -0.2) is 0 Å². The predicted octanol–water partition coefficient (Wildman–Crippen LogP) is 5.25. The average Bonchev–Trinajstić information content (AvgIpc) is 2.80. The van der Waals surface area contributed by atoms with E-state index in [0.29, 0.717) is 10.0 Å². The number of rotatable bonds is 2. The number of methoxy groups -OCH3 is 1. The van der Waals surface area contributed by atoms with Crippen molar-refractivity contribution in [1.82, 2.24) is 4.57 Å². The molecule has 102 valence electrons. The highest BCUT2D eigenvalue weighted by Crippen LogP contribution is 2.33. The molecule has 0 unspecified atom stereocenters. The lowest BCUT2D eigenvalue weighted by atomic mass is 10.2. The summed E-state index contributed by atoms with van der Waals surface area (Å²) in [5, 5.41) is 2.36. The first-order valence-corrected chi connectivity index (χ1v) is 6.97. The second kappa shape index (κ2) is 5.04. The zero-order valence-electron chi connectivity index (χ0n) is 11.2. The predicted molar refractivity (Wildman–Crippen MR) is 84.6 cm³/mol. The molecule has 0 bridgehead atoms. The van der Waals surface area contributed by atoms with Gasteiger partial charge < -0.3 is 9.30 Å². The molecule has 1 heterocycles. The second-order valence-electron chi connectivity index (χ2n) is 4.69. The fourth-order valence-corrected chi connectivity index (χ4v) is 3.14. The van der Waals surface area contributed by atoms with Crippen LogP contribution in [0.4, 0.5) is 0 Å². The van der Waals surface area contributed by atoms with Crippen LogP contribution in [-0.4, -0.2) is 11.7 Å². The number of fused-ring (bicyclic) bond motifs is 1. The average molecular weight is 306 g/mol. The smallest absolute Gasteiger partial charge is 0.119 e. The molecular weight excluding hydrogens is 293 g/mol. The molecule has 4 heteroatoms. The minimum atomic E-state index is 0.642. The van der Waals surface area contributed by atoms with Crippen LogP contribution in [0.15, 0.2) is 42.6 Å². The Hall–Kier alpha value is -1.64. The first-order chi connectivity index (χ1) is 9.60. The van der Waals surface area contributed by atoms with Crippen molar-refractivity contribution in [2.45, 2.75) is 6.92 Å². The minimum Gasteiger partial charge on any atom is -0.497 e. The van der Waals surface area contributed by atoms with Crippen LogP contribution in [0.5, 0.6) is 5.75 Å². The van der Waals surface area contributed by atoms with Gasteiger partial charge in [-0.15, -0.1) is 0 Å². The molecule has 3 rings (SSSR count). The van der Waals surface area contributed by atoms with Crippen LogP contribution in [0.1, 0.15) is 5.56 Å². The van der Waals surface area contributed by atoms with Gasteiger partial charge in [0.1, 0.15) is 5.75 Å². The normalized spacial score (nSPS) is 11.0. The Morgan fingerprint density at radius 2 is 1.70 bits per heavy atom. The van der Waals surface area contributed by atoms with Gasteiger partial charge in [0.2, 0.25) is 0 Å². The van der Waals surface area contributed by atoms with Gasteiger partial charge in [0.15, 0.2) is 0 Å². The van der Waals surface area contributed by atoms with E-state index < -0.39 is 0 Å². The Morgan fingerprint density at radius 1 is 1.00 bits per heavy atom. The van der Waals surface area contributed by atoms with Crippen molar-refractivity contribution in [3.05, 3.63) is 58.2 Å². The molecule has 2 nitrogen and oxygen atoms in total. The van der Waals surface area contributed by atoms with Crippen LogP contribution in [0.25, 0.3) is 16.6 Å². The Morgan fingerprint density at radius 3 is 2.35 bits per heavy atom. The van der Waals surface area contributed by atoms with Crippen LogP contribution >= 0.6 is 23.2 Å². The van der Waals surface area contributed by atoms with E-state index in [9.17, 15) is 0 Å². The molecule has 0 aliphatic heterocycles. The van der Waals surface area contributed by atoms with Crippen LogP contribution in [0.2, 0.25) is 10.0 Å². The molecule has 0 atom stereocenters. The number of ether oxygens (including phenoxy) is 1. The number of hydrogen-bond donors (Lipinski definition) is 0. The molecule has 0 fully saturated rings. The van der Waals surface area contributed by atoms with Gasteiger partial charge in [0.25, 0.3) is 0 Å². The number of aryl methyl sites for hydroxylation is 1. The summed E-state index contributed by atoms with van der Waals surface area (Å²) in [6.07, 6.45) is 1.96. The third-order valence-corrected chi connectivity index (χ3v) is 3.88. The van der Waals surface area contributed by atoms with Gasteiger partial charge in [0.05, 0.1) is 28.4 Å². The summed E-state index contributed by atoms with van der Waals surface area (Å²) in [4.78, 5) is 0. The number of hydrogen-bond acceptors (Lipinski definition) is 1. The third-order valence-electron chi connectivity index (χ3n) is 3.30. The highest BCUT2D eigenvalue weighted by atomic mass is 35.5. The highest BCUT2D eigenvalue weighted by Gasteiger charge is 2.12. The first-order valence-electron chi connectivity index (χ1n) is 6.21. The maximum absolute atomic E-state index is 6.36. The Balaban J connectivity index is 2.25. The van der Waals surface area contributed by atoms with Crippen molar-refractivity contribution in [2.75, 3.05) is 7.11 Å². The second-order valence-corrected chi connectivity index (χ2v) is 5.50. The molecule has 0 saturated heterocycles. The van der Waals surface area contributed by atoms with Gasteiger partial charge in [0, 0.05) is 11.6 Å². The fraction of sp³-hybridized carbons (Fsp3) is 0.125. The van der Waals surface area contributed by atoms with E-state index >= 15 is 0 Å². The molecule has 2 aromatic carbocycles. The quantitative estimate of drug-likeness (QED) is 0.630. The van der Waals surface area contributed by atoms with Gasteiger partial charge in [-0.05, 0) is 48.9 Å². The summed E-state index contributed by atoms with van der Waals surface area (Å²) in [5.74, 6) is 0.830. The molecular formula is C16H13Cl2NO. The SMILES string of the molecule is COc1ccc2c(ccn2-c2c(Cl)cc(C)cc2Cl)c1. The maximum Gasteiger partial charge on any atom is 0.119 e. The lowest BCUT2D eigenvalue weighted by Gasteiger charge is -2.11. The Bertz CT molecular complexity index is 769. The van der Waals surface area contributed by atoms with E-state index in [-0.39, 0.29) is 0 Å². The Labute approximate surface area is 127 Å². The molecule has 0 N–H and O–H groups in total. The van der Waals surface area contributed by atoms with Crippen molar-refractivity contribution < 1.29 is 4.74 Å². The standard InChI is InChI=1S/C16H13Cl2NO/c1-10-7-13(17)16(14(18)8-10)19-6-5-11-9-12(20-2)3-4-15(11)19/h3-9H,1-2H3. The van der Waals surface area contributed by atoms with Gasteiger partial charge in [-0.1, -0.05) is 23.2 Å². The summed E-state index contributed by atoms with van der Waals surface area (Å²) in [7, 11) is 1.66. The molecule has 3 aromatic rings. The molecule has 1 aromatic heterocycles. The van der Waals surface area contributed by atoms with Crippen LogP contribution in [-0.2, 0) is 0 Å². The fourth-order valence-electron chi connectivity index (χ4n) is 2.36.